The molecule has 0 aliphatic rings. The molecule has 0 aromatic heterocycles. The molecule has 0 atom stereocenters. The first-order valence-electron chi connectivity index (χ1n) is 14.0. The van der Waals surface area contributed by atoms with Gasteiger partial charge in [0.25, 0.3) is 0 Å². The highest BCUT2D eigenvalue weighted by atomic mass is 18.2. The Morgan fingerprint density at radius 3 is 0.973 bits per heavy atom. The van der Waals surface area contributed by atoms with Crippen molar-refractivity contribution in [2.24, 2.45) is 11.8 Å². The SMILES string of the molecule is CC(C)CCC[18F].CC(C)CC[18F].CC(C)OCCCC[18F].CC(C)OCCC[18F].CC(C)OCC[18F]. The second kappa shape index (κ2) is 42.6. The van der Waals surface area contributed by atoms with Gasteiger partial charge in [-0.25, -0.2) is 4.39 Å². The summed E-state index contributed by atoms with van der Waals surface area (Å²) in [7, 11) is 0. The predicted molar refractivity (Wildman–Crippen MR) is 151 cm³/mol. The van der Waals surface area contributed by atoms with Crippen molar-refractivity contribution in [3.63, 3.8) is 0 Å². The Morgan fingerprint density at radius 1 is 0.378 bits per heavy atom. The van der Waals surface area contributed by atoms with Gasteiger partial charge >= 0.3 is 0 Å². The molecule has 0 spiro atoms. The molecule has 0 aliphatic carbocycles. The van der Waals surface area contributed by atoms with Gasteiger partial charge in [0.2, 0.25) is 0 Å². The molecule has 0 unspecified atom stereocenters. The number of unbranched alkanes of at least 4 members (excludes halogenated alkanes) is 1. The van der Waals surface area contributed by atoms with Crippen LogP contribution in [0.1, 0.15) is 108 Å². The molecule has 232 valence electrons. The van der Waals surface area contributed by atoms with Crippen molar-refractivity contribution in [2.75, 3.05) is 53.2 Å². The number of hydrogen-bond donors (Lipinski definition) is 0. The molecule has 3 nitrogen and oxygen atoms in total. The minimum Gasteiger partial charge on any atom is -0.379 e. The summed E-state index contributed by atoms with van der Waals surface area (Å²) >= 11 is 0. The average Bonchev–Trinajstić information content (AvgIpc) is 2.80. The van der Waals surface area contributed by atoms with Crippen LogP contribution in [-0.4, -0.2) is 71.5 Å². The third kappa shape index (κ3) is 86.2. The van der Waals surface area contributed by atoms with E-state index in [9.17, 15) is 22.0 Å². The zero-order chi connectivity index (χ0) is 29.9. The molecule has 8 heteroatoms. The molecular formula is C29H63F5O3. The number of rotatable bonds is 17. The number of halogens is 5. The lowest BCUT2D eigenvalue weighted by atomic mass is 10.1. The summed E-state index contributed by atoms with van der Waals surface area (Å²) in [5.41, 5.74) is 0. The lowest BCUT2D eigenvalue weighted by Crippen LogP contribution is -2.04. The van der Waals surface area contributed by atoms with Gasteiger partial charge in [-0.1, -0.05) is 27.7 Å². The Labute approximate surface area is 227 Å². The quantitative estimate of drug-likeness (QED) is 0.133. The highest BCUT2D eigenvalue weighted by Crippen LogP contribution is 2.02. The Balaban J connectivity index is -0.000000116. The molecule has 0 aliphatic heterocycles. The van der Waals surface area contributed by atoms with Crippen molar-refractivity contribution in [1.29, 1.82) is 0 Å². The van der Waals surface area contributed by atoms with Gasteiger partial charge in [0.05, 0.1) is 51.6 Å². The van der Waals surface area contributed by atoms with Gasteiger partial charge in [0.15, 0.2) is 0 Å². The van der Waals surface area contributed by atoms with Crippen molar-refractivity contribution in [3.05, 3.63) is 0 Å². The largest absolute Gasteiger partial charge is 0.379 e. The first-order chi connectivity index (χ1) is 17.4. The molecule has 0 heterocycles. The smallest absolute Gasteiger partial charge is 0.113 e. The van der Waals surface area contributed by atoms with E-state index in [1.807, 2.05) is 55.4 Å². The van der Waals surface area contributed by atoms with Crippen LogP contribution in [0.15, 0.2) is 0 Å². The number of hydrogen-bond acceptors (Lipinski definition) is 3. The van der Waals surface area contributed by atoms with Crippen LogP contribution in [-0.2, 0) is 14.2 Å². The Bertz CT molecular complexity index is 334. The predicted octanol–water partition coefficient (Wildman–Crippen LogP) is 9.71. The minimum absolute atomic E-state index is 0.155. The first-order valence-corrected chi connectivity index (χ1v) is 14.0. The monoisotopic (exact) mass is 549 g/mol. The second-order valence-electron chi connectivity index (χ2n) is 9.98. The van der Waals surface area contributed by atoms with Crippen LogP contribution < -0.4 is 0 Å². The van der Waals surface area contributed by atoms with E-state index in [0.717, 1.165) is 19.3 Å². The molecule has 0 radical (unpaired) electrons. The van der Waals surface area contributed by atoms with Crippen LogP contribution in [0.5, 0.6) is 0 Å². The van der Waals surface area contributed by atoms with E-state index in [0.29, 0.717) is 44.3 Å². The van der Waals surface area contributed by atoms with E-state index in [2.05, 4.69) is 13.8 Å². The summed E-state index contributed by atoms with van der Waals surface area (Å²) in [5, 5.41) is 0. The molecule has 0 saturated carbocycles. The van der Waals surface area contributed by atoms with E-state index < -0.39 is 0 Å². The molecule has 0 N–H and O–H groups in total. The minimum atomic E-state index is -0.377. The van der Waals surface area contributed by atoms with Crippen molar-refractivity contribution >= 4 is 0 Å². The lowest BCUT2D eigenvalue weighted by molar-refractivity contribution is 0.0681. The maximum absolute atomic E-state index is 11.5. The van der Waals surface area contributed by atoms with Gasteiger partial charge in [-0.15, -0.1) is 0 Å². The second-order valence-corrected chi connectivity index (χ2v) is 9.98. The lowest BCUT2D eigenvalue weighted by Gasteiger charge is -2.04. The van der Waals surface area contributed by atoms with Crippen LogP contribution >= 0.6 is 0 Å². The fourth-order valence-corrected chi connectivity index (χ4v) is 1.87. The maximum atomic E-state index is 11.5. The number of alkyl halides is 5. The van der Waals surface area contributed by atoms with Gasteiger partial charge in [-0.2, -0.15) is 0 Å². The van der Waals surface area contributed by atoms with E-state index in [1.54, 1.807) is 0 Å². The Morgan fingerprint density at radius 2 is 0.757 bits per heavy atom. The van der Waals surface area contributed by atoms with E-state index in [4.69, 9.17) is 14.2 Å². The van der Waals surface area contributed by atoms with Gasteiger partial charge in [0.1, 0.15) is 6.67 Å². The third-order valence-corrected chi connectivity index (χ3v) is 3.84. The van der Waals surface area contributed by atoms with Gasteiger partial charge in [-0.3, -0.25) is 17.6 Å². The summed E-state index contributed by atoms with van der Waals surface area (Å²) in [5.74, 6) is 1.19. The highest BCUT2D eigenvalue weighted by molar-refractivity contribution is 4.42. The zero-order valence-corrected chi connectivity index (χ0v) is 25.9. The molecule has 0 aromatic carbocycles. The van der Waals surface area contributed by atoms with Crippen LogP contribution in [0.3, 0.4) is 0 Å². The molecule has 0 rings (SSSR count). The van der Waals surface area contributed by atoms with Crippen LogP contribution in [0.4, 0.5) is 22.0 Å². The van der Waals surface area contributed by atoms with E-state index in [1.165, 1.54) is 0 Å². The summed E-state index contributed by atoms with van der Waals surface area (Å²) in [6.45, 7) is 20.1. The molecule has 0 aromatic rings. The first kappa shape index (κ1) is 46.4. The standard InChI is InChI=1S/C7H15FO.C6H13FO.C6H13F.C5H11FO.C5H11F/c1-7(2)9-6-4-3-5-8;1-6(2)8-5-3-4-7;1-6(2)4-3-5-7;1-5(2)7-4-3-6;1-5(2)3-4-6/h7H,3-6H2,1-2H3;6H,3-5H2,1-2H3;6H,3-5H2,1-2H3;5H,3-4H2,1-2H3;5H,3-4H2,1-2H3/i8-1;2*7-1;2*6-1. The summed E-state index contributed by atoms with van der Waals surface area (Å²) in [6, 6.07) is 0. The maximum Gasteiger partial charge on any atom is 0.113 e. The summed E-state index contributed by atoms with van der Waals surface area (Å²) in [6.07, 6.45) is 5.15. The molecule has 0 saturated heterocycles. The Hall–Kier alpha value is -0.470. The van der Waals surface area contributed by atoms with E-state index in [-0.39, 0.29) is 58.3 Å². The summed E-state index contributed by atoms with van der Waals surface area (Å²) < 4.78 is 71.7. The van der Waals surface area contributed by atoms with E-state index >= 15 is 0 Å². The molecule has 0 fully saturated rings. The van der Waals surface area contributed by atoms with Gasteiger partial charge < -0.3 is 14.2 Å². The normalized spacial score (nSPS) is 10.4. The van der Waals surface area contributed by atoms with Gasteiger partial charge in [0, 0.05) is 13.2 Å². The molecule has 37 heavy (non-hydrogen) atoms. The van der Waals surface area contributed by atoms with Crippen LogP contribution in [0.2, 0.25) is 0 Å². The highest BCUT2D eigenvalue weighted by Gasteiger charge is 1.92. The topological polar surface area (TPSA) is 27.7 Å². The molecular weight excluding hydrogens is 486 g/mol. The van der Waals surface area contributed by atoms with Crippen molar-refractivity contribution in [3.8, 4) is 0 Å². The zero-order valence-electron chi connectivity index (χ0n) is 25.9. The van der Waals surface area contributed by atoms with Crippen LogP contribution in [0.25, 0.3) is 0 Å². The fraction of sp³-hybridized carbons (Fsp3) is 1.00. The summed E-state index contributed by atoms with van der Waals surface area (Å²) in [4.78, 5) is 0. The molecule has 0 amide bonds. The molecule has 0 bridgehead atoms. The Kier molecular flexibility index (Phi) is 53.4. The number of ether oxygens (including phenoxy) is 3. The third-order valence-electron chi connectivity index (χ3n) is 3.84. The van der Waals surface area contributed by atoms with Crippen LogP contribution in [0, 0.1) is 11.8 Å². The average molecular weight is 550 g/mol. The van der Waals surface area contributed by atoms with Gasteiger partial charge in [-0.05, 0) is 91.9 Å². The van der Waals surface area contributed by atoms with Crippen molar-refractivity contribution in [1.82, 2.24) is 0 Å². The van der Waals surface area contributed by atoms with Crippen molar-refractivity contribution < 1.29 is 36.2 Å². The van der Waals surface area contributed by atoms with Crippen molar-refractivity contribution in [2.45, 2.75) is 126 Å². The fourth-order valence-electron chi connectivity index (χ4n) is 1.87.